The SMILES string of the molecule is CCNC(C)(C#N)CN1CCN(CC(F)(F)F)CC1. The van der Waals surface area contributed by atoms with Gasteiger partial charge in [0, 0.05) is 32.7 Å². The van der Waals surface area contributed by atoms with E-state index in [2.05, 4.69) is 11.4 Å². The number of rotatable bonds is 5. The van der Waals surface area contributed by atoms with Crippen LogP contribution in [0.5, 0.6) is 0 Å². The molecule has 0 aromatic rings. The minimum absolute atomic E-state index is 0.396. The molecule has 110 valence electrons. The average Bonchev–Trinajstić information content (AvgIpc) is 2.30. The summed E-state index contributed by atoms with van der Waals surface area (Å²) < 4.78 is 36.8. The number of piperazine rings is 1. The molecule has 1 rings (SSSR count). The minimum Gasteiger partial charge on any atom is -0.299 e. The highest BCUT2D eigenvalue weighted by atomic mass is 19.4. The lowest BCUT2D eigenvalue weighted by molar-refractivity contribution is -0.149. The van der Waals surface area contributed by atoms with Gasteiger partial charge in [-0.05, 0) is 13.5 Å². The standard InChI is InChI=1S/C12H21F3N4/c1-3-17-11(2,8-16)9-18-4-6-19(7-5-18)10-12(13,14)15/h17H,3-7,9-10H2,1-2H3. The van der Waals surface area contributed by atoms with Gasteiger partial charge < -0.3 is 0 Å². The quantitative estimate of drug-likeness (QED) is 0.816. The van der Waals surface area contributed by atoms with Crippen molar-refractivity contribution in [2.75, 3.05) is 45.8 Å². The highest BCUT2D eigenvalue weighted by molar-refractivity contribution is 5.05. The zero-order valence-corrected chi connectivity index (χ0v) is 11.4. The molecule has 1 saturated heterocycles. The first-order chi connectivity index (χ1) is 8.78. The Kier molecular flexibility index (Phi) is 5.59. The van der Waals surface area contributed by atoms with Crippen LogP contribution in [0.2, 0.25) is 0 Å². The molecular weight excluding hydrogens is 257 g/mol. The summed E-state index contributed by atoms with van der Waals surface area (Å²) in [5, 5.41) is 12.3. The van der Waals surface area contributed by atoms with Gasteiger partial charge in [-0.15, -0.1) is 0 Å². The maximum Gasteiger partial charge on any atom is 0.401 e. The van der Waals surface area contributed by atoms with E-state index in [0.29, 0.717) is 39.3 Å². The molecule has 1 aliphatic rings. The van der Waals surface area contributed by atoms with Crippen LogP contribution < -0.4 is 5.32 Å². The maximum atomic E-state index is 12.3. The molecule has 0 bridgehead atoms. The Morgan fingerprint density at radius 2 is 1.58 bits per heavy atom. The molecule has 0 spiro atoms. The molecule has 19 heavy (non-hydrogen) atoms. The Labute approximate surface area is 112 Å². The monoisotopic (exact) mass is 278 g/mol. The second kappa shape index (κ2) is 6.55. The van der Waals surface area contributed by atoms with Gasteiger partial charge in [0.05, 0.1) is 12.6 Å². The van der Waals surface area contributed by atoms with Gasteiger partial charge in [-0.2, -0.15) is 18.4 Å². The van der Waals surface area contributed by atoms with Crippen molar-refractivity contribution in [3.8, 4) is 6.07 Å². The number of nitrogens with one attached hydrogen (secondary N) is 1. The molecule has 7 heteroatoms. The third kappa shape index (κ3) is 5.76. The summed E-state index contributed by atoms with van der Waals surface area (Å²) in [5.41, 5.74) is -0.638. The van der Waals surface area contributed by atoms with E-state index in [1.165, 1.54) is 4.90 Å². The normalized spacial score (nSPS) is 21.9. The first-order valence-electron chi connectivity index (χ1n) is 6.46. The van der Waals surface area contributed by atoms with Crippen LogP contribution in [0.4, 0.5) is 13.2 Å². The summed E-state index contributed by atoms with van der Waals surface area (Å²) in [4.78, 5) is 3.45. The largest absolute Gasteiger partial charge is 0.401 e. The molecule has 0 aromatic heterocycles. The van der Waals surface area contributed by atoms with Crippen LogP contribution in [-0.4, -0.2) is 67.3 Å². The van der Waals surface area contributed by atoms with Crippen LogP contribution >= 0.6 is 0 Å². The Morgan fingerprint density at radius 1 is 1.11 bits per heavy atom. The van der Waals surface area contributed by atoms with Gasteiger partial charge >= 0.3 is 6.18 Å². The number of hydrogen-bond donors (Lipinski definition) is 1. The number of nitriles is 1. The van der Waals surface area contributed by atoms with E-state index >= 15 is 0 Å². The van der Waals surface area contributed by atoms with Crippen molar-refractivity contribution < 1.29 is 13.2 Å². The summed E-state index contributed by atoms with van der Waals surface area (Å²) in [7, 11) is 0. The van der Waals surface area contributed by atoms with Gasteiger partial charge in [0.1, 0.15) is 5.54 Å². The molecule has 1 heterocycles. The van der Waals surface area contributed by atoms with Crippen molar-refractivity contribution in [1.29, 1.82) is 5.26 Å². The van der Waals surface area contributed by atoms with Gasteiger partial charge in [0.15, 0.2) is 0 Å². The molecule has 0 amide bonds. The fraction of sp³-hybridized carbons (Fsp3) is 0.917. The second-order valence-corrected chi connectivity index (χ2v) is 5.14. The van der Waals surface area contributed by atoms with Gasteiger partial charge in [-0.3, -0.25) is 15.1 Å². The summed E-state index contributed by atoms with van der Waals surface area (Å²) in [6.07, 6.45) is -4.13. The Morgan fingerprint density at radius 3 is 1.95 bits per heavy atom. The smallest absolute Gasteiger partial charge is 0.299 e. The number of halogens is 3. The van der Waals surface area contributed by atoms with E-state index in [1.807, 2.05) is 18.7 Å². The topological polar surface area (TPSA) is 42.3 Å². The zero-order chi connectivity index (χ0) is 14.5. The second-order valence-electron chi connectivity index (χ2n) is 5.14. The molecule has 1 aliphatic heterocycles. The third-order valence-electron chi connectivity index (χ3n) is 3.22. The Balaban J connectivity index is 2.40. The Hall–Kier alpha value is -0.840. The lowest BCUT2D eigenvalue weighted by Gasteiger charge is -2.38. The lowest BCUT2D eigenvalue weighted by Crippen LogP contribution is -2.56. The molecule has 0 aliphatic carbocycles. The fourth-order valence-corrected chi connectivity index (χ4v) is 2.33. The third-order valence-corrected chi connectivity index (χ3v) is 3.22. The average molecular weight is 278 g/mol. The highest BCUT2D eigenvalue weighted by Gasteiger charge is 2.33. The molecule has 0 saturated carbocycles. The van der Waals surface area contributed by atoms with E-state index < -0.39 is 18.3 Å². The summed E-state index contributed by atoms with van der Waals surface area (Å²) in [6.45, 7) is 6.06. The molecule has 0 radical (unpaired) electrons. The van der Waals surface area contributed by atoms with E-state index in [9.17, 15) is 13.2 Å². The van der Waals surface area contributed by atoms with Gasteiger partial charge in [0.25, 0.3) is 0 Å². The van der Waals surface area contributed by atoms with Gasteiger partial charge in [-0.25, -0.2) is 0 Å². The van der Waals surface area contributed by atoms with Crippen molar-refractivity contribution in [3.05, 3.63) is 0 Å². The molecule has 1 atom stereocenters. The Bertz CT molecular complexity index is 318. The number of nitrogens with zero attached hydrogens (tertiary/aromatic N) is 3. The van der Waals surface area contributed by atoms with Gasteiger partial charge in [-0.1, -0.05) is 6.92 Å². The number of alkyl halides is 3. The van der Waals surface area contributed by atoms with Crippen molar-refractivity contribution in [2.24, 2.45) is 0 Å². The molecule has 1 fully saturated rings. The lowest BCUT2D eigenvalue weighted by atomic mass is 10.0. The van der Waals surface area contributed by atoms with Gasteiger partial charge in [0.2, 0.25) is 0 Å². The first kappa shape index (κ1) is 16.2. The van der Waals surface area contributed by atoms with E-state index in [-0.39, 0.29) is 0 Å². The van der Waals surface area contributed by atoms with Crippen LogP contribution in [-0.2, 0) is 0 Å². The number of hydrogen-bond acceptors (Lipinski definition) is 4. The molecule has 4 nitrogen and oxygen atoms in total. The fourth-order valence-electron chi connectivity index (χ4n) is 2.33. The van der Waals surface area contributed by atoms with Crippen LogP contribution in [0, 0.1) is 11.3 Å². The molecule has 1 N–H and O–H groups in total. The van der Waals surface area contributed by atoms with Crippen molar-refractivity contribution in [2.45, 2.75) is 25.6 Å². The zero-order valence-electron chi connectivity index (χ0n) is 11.4. The van der Waals surface area contributed by atoms with E-state index in [4.69, 9.17) is 5.26 Å². The van der Waals surface area contributed by atoms with Crippen molar-refractivity contribution in [1.82, 2.24) is 15.1 Å². The van der Waals surface area contributed by atoms with Crippen LogP contribution in [0.1, 0.15) is 13.8 Å². The van der Waals surface area contributed by atoms with Crippen LogP contribution in [0.15, 0.2) is 0 Å². The van der Waals surface area contributed by atoms with Crippen molar-refractivity contribution >= 4 is 0 Å². The maximum absolute atomic E-state index is 12.3. The minimum atomic E-state index is -4.13. The van der Waals surface area contributed by atoms with E-state index in [0.717, 1.165) is 0 Å². The summed E-state index contributed by atoms with van der Waals surface area (Å²) in [6, 6.07) is 2.23. The van der Waals surface area contributed by atoms with Crippen LogP contribution in [0.25, 0.3) is 0 Å². The predicted octanol–water partition coefficient (Wildman–Crippen LogP) is 1.06. The molecule has 0 aromatic carbocycles. The molecule has 1 unspecified atom stereocenters. The summed E-state index contributed by atoms with van der Waals surface area (Å²) in [5.74, 6) is 0. The number of likely N-dealkylation sites (N-methyl/N-ethyl adjacent to an activating group) is 1. The van der Waals surface area contributed by atoms with E-state index in [1.54, 1.807) is 0 Å². The van der Waals surface area contributed by atoms with Crippen molar-refractivity contribution in [3.63, 3.8) is 0 Å². The first-order valence-corrected chi connectivity index (χ1v) is 6.46. The molecular formula is C12H21F3N4. The summed E-state index contributed by atoms with van der Waals surface area (Å²) >= 11 is 0. The highest BCUT2D eigenvalue weighted by Crippen LogP contribution is 2.18. The van der Waals surface area contributed by atoms with Crippen LogP contribution in [0.3, 0.4) is 0 Å². The predicted molar refractivity (Wildman–Crippen MR) is 66.6 cm³/mol.